The summed E-state index contributed by atoms with van der Waals surface area (Å²) < 4.78 is 25.4. The molecule has 0 aliphatic heterocycles. The van der Waals surface area contributed by atoms with E-state index < -0.39 is 15.9 Å². The number of halogens is 2. The number of hydrogen-bond acceptors (Lipinski definition) is 3. The van der Waals surface area contributed by atoms with Crippen LogP contribution in [0.15, 0.2) is 47.4 Å². The van der Waals surface area contributed by atoms with Crippen LogP contribution in [0, 0.1) is 0 Å². The van der Waals surface area contributed by atoms with Gasteiger partial charge in [0.1, 0.15) is 0 Å². The largest absolute Gasteiger partial charge is 0.322 e. The second kappa shape index (κ2) is 6.88. The zero-order valence-electron chi connectivity index (χ0n) is 12.4. The summed E-state index contributed by atoms with van der Waals surface area (Å²) in [5, 5.41) is 3.35. The number of nitrogens with zero attached hydrogens (tertiary/aromatic N) is 1. The SMILES string of the molecule is CN(C)S(=O)(=O)c1ccc(Cl)c(C(=O)Nc2ccc(Cl)cc2)c1. The molecule has 0 fully saturated rings. The Balaban J connectivity index is 2.35. The average Bonchev–Trinajstić information content (AvgIpc) is 2.49. The molecular weight excluding hydrogens is 359 g/mol. The van der Waals surface area contributed by atoms with Crippen LogP contribution in [0.25, 0.3) is 0 Å². The highest BCUT2D eigenvalue weighted by molar-refractivity contribution is 7.89. The predicted molar refractivity (Wildman–Crippen MR) is 91.7 cm³/mol. The predicted octanol–water partition coefficient (Wildman–Crippen LogP) is 3.50. The van der Waals surface area contributed by atoms with E-state index in [4.69, 9.17) is 23.2 Å². The molecule has 2 aromatic carbocycles. The van der Waals surface area contributed by atoms with Gasteiger partial charge in [-0.2, -0.15) is 0 Å². The molecule has 2 aromatic rings. The summed E-state index contributed by atoms with van der Waals surface area (Å²) in [6, 6.07) is 10.5. The summed E-state index contributed by atoms with van der Waals surface area (Å²) in [4.78, 5) is 12.3. The van der Waals surface area contributed by atoms with Crippen LogP contribution in [0.1, 0.15) is 10.4 Å². The van der Waals surface area contributed by atoms with Gasteiger partial charge in [0.2, 0.25) is 10.0 Å². The average molecular weight is 373 g/mol. The van der Waals surface area contributed by atoms with E-state index in [2.05, 4.69) is 5.32 Å². The minimum atomic E-state index is -3.65. The van der Waals surface area contributed by atoms with Gasteiger partial charge in [-0.1, -0.05) is 23.2 Å². The fraction of sp³-hybridized carbons (Fsp3) is 0.133. The fourth-order valence-corrected chi connectivity index (χ4v) is 3.04. The van der Waals surface area contributed by atoms with Crippen LogP contribution >= 0.6 is 23.2 Å². The van der Waals surface area contributed by atoms with Gasteiger partial charge in [-0.15, -0.1) is 0 Å². The number of rotatable bonds is 4. The maximum absolute atomic E-state index is 12.3. The maximum Gasteiger partial charge on any atom is 0.257 e. The topological polar surface area (TPSA) is 66.5 Å². The zero-order chi connectivity index (χ0) is 17.2. The van der Waals surface area contributed by atoms with Crippen LogP contribution in [0.4, 0.5) is 5.69 Å². The first-order chi connectivity index (χ1) is 10.7. The van der Waals surface area contributed by atoms with Crippen LogP contribution in [0.5, 0.6) is 0 Å². The number of carbonyl (C=O) groups excluding carboxylic acids is 1. The molecule has 2 rings (SSSR count). The van der Waals surface area contributed by atoms with E-state index in [1.54, 1.807) is 24.3 Å². The van der Waals surface area contributed by atoms with Gasteiger partial charge in [0.15, 0.2) is 0 Å². The van der Waals surface area contributed by atoms with E-state index in [1.165, 1.54) is 32.3 Å². The van der Waals surface area contributed by atoms with Gasteiger partial charge in [0, 0.05) is 24.8 Å². The lowest BCUT2D eigenvalue weighted by atomic mass is 10.2. The van der Waals surface area contributed by atoms with Crippen molar-refractivity contribution >= 4 is 44.8 Å². The highest BCUT2D eigenvalue weighted by atomic mass is 35.5. The van der Waals surface area contributed by atoms with Gasteiger partial charge in [0.25, 0.3) is 5.91 Å². The number of amides is 1. The van der Waals surface area contributed by atoms with Gasteiger partial charge in [0.05, 0.1) is 15.5 Å². The standard InChI is InChI=1S/C15H14Cl2N2O3S/c1-19(2)23(21,22)12-7-8-14(17)13(9-12)15(20)18-11-5-3-10(16)4-6-11/h3-9H,1-2H3,(H,18,20). The van der Waals surface area contributed by atoms with E-state index in [0.717, 1.165) is 4.31 Å². The number of anilines is 1. The fourth-order valence-electron chi connectivity index (χ4n) is 1.78. The van der Waals surface area contributed by atoms with Crippen molar-refractivity contribution in [2.24, 2.45) is 0 Å². The minimum Gasteiger partial charge on any atom is -0.322 e. The van der Waals surface area contributed by atoms with Crippen LogP contribution in [-0.4, -0.2) is 32.7 Å². The van der Waals surface area contributed by atoms with Crippen molar-refractivity contribution < 1.29 is 13.2 Å². The molecule has 0 aliphatic carbocycles. The summed E-state index contributed by atoms with van der Waals surface area (Å²) in [6.07, 6.45) is 0. The molecule has 23 heavy (non-hydrogen) atoms. The van der Waals surface area contributed by atoms with Crippen molar-refractivity contribution in [1.29, 1.82) is 0 Å². The number of benzene rings is 2. The van der Waals surface area contributed by atoms with Crippen molar-refractivity contribution in [2.45, 2.75) is 4.90 Å². The van der Waals surface area contributed by atoms with E-state index in [1.807, 2.05) is 0 Å². The second-order valence-electron chi connectivity index (χ2n) is 4.89. The molecule has 1 N–H and O–H groups in total. The molecule has 0 heterocycles. The van der Waals surface area contributed by atoms with Gasteiger partial charge >= 0.3 is 0 Å². The third kappa shape index (κ3) is 4.03. The summed E-state index contributed by atoms with van der Waals surface area (Å²) in [5.41, 5.74) is 0.598. The lowest BCUT2D eigenvalue weighted by Gasteiger charge is -2.13. The Morgan fingerprint density at radius 2 is 1.65 bits per heavy atom. The normalized spacial score (nSPS) is 11.5. The van der Waals surface area contributed by atoms with Crippen molar-refractivity contribution in [3.8, 4) is 0 Å². The number of carbonyl (C=O) groups is 1. The van der Waals surface area contributed by atoms with Crippen molar-refractivity contribution in [3.05, 3.63) is 58.1 Å². The van der Waals surface area contributed by atoms with Crippen molar-refractivity contribution in [1.82, 2.24) is 4.31 Å². The minimum absolute atomic E-state index is 0.00634. The highest BCUT2D eigenvalue weighted by Gasteiger charge is 2.20. The van der Waals surface area contributed by atoms with Crippen LogP contribution in [0.3, 0.4) is 0 Å². The molecule has 1 amide bonds. The first kappa shape index (κ1) is 17.7. The molecule has 0 saturated heterocycles. The summed E-state index contributed by atoms with van der Waals surface area (Å²) >= 11 is 11.8. The Bertz CT molecular complexity index is 834. The van der Waals surface area contributed by atoms with Gasteiger partial charge < -0.3 is 5.32 Å². The van der Waals surface area contributed by atoms with Crippen molar-refractivity contribution in [2.75, 3.05) is 19.4 Å². The highest BCUT2D eigenvalue weighted by Crippen LogP contribution is 2.23. The third-order valence-corrected chi connectivity index (χ3v) is 5.46. The van der Waals surface area contributed by atoms with E-state index in [-0.39, 0.29) is 15.5 Å². The smallest absolute Gasteiger partial charge is 0.257 e. The van der Waals surface area contributed by atoms with Crippen LogP contribution in [-0.2, 0) is 10.0 Å². The molecule has 8 heteroatoms. The van der Waals surface area contributed by atoms with E-state index >= 15 is 0 Å². The van der Waals surface area contributed by atoms with E-state index in [0.29, 0.717) is 10.7 Å². The summed E-state index contributed by atoms with van der Waals surface area (Å²) in [5.74, 6) is -0.506. The third-order valence-electron chi connectivity index (χ3n) is 3.06. The Morgan fingerprint density at radius 3 is 2.22 bits per heavy atom. The molecule has 0 atom stereocenters. The van der Waals surface area contributed by atoms with Gasteiger partial charge in [-0.25, -0.2) is 12.7 Å². The molecule has 0 bridgehead atoms. The maximum atomic E-state index is 12.3. The lowest BCUT2D eigenvalue weighted by molar-refractivity contribution is 0.102. The number of sulfonamides is 1. The summed E-state index contributed by atoms with van der Waals surface area (Å²) in [7, 11) is -0.823. The Morgan fingerprint density at radius 1 is 1.04 bits per heavy atom. The van der Waals surface area contributed by atoms with Crippen LogP contribution < -0.4 is 5.32 Å². The van der Waals surface area contributed by atoms with Gasteiger partial charge in [-0.3, -0.25) is 4.79 Å². The number of hydrogen-bond donors (Lipinski definition) is 1. The first-order valence-corrected chi connectivity index (χ1v) is 8.70. The first-order valence-electron chi connectivity index (χ1n) is 6.51. The molecule has 0 aliphatic rings. The Labute approximate surface area is 144 Å². The molecular formula is C15H14Cl2N2O3S. The van der Waals surface area contributed by atoms with Crippen molar-refractivity contribution in [3.63, 3.8) is 0 Å². The second-order valence-corrected chi connectivity index (χ2v) is 7.89. The molecule has 0 saturated carbocycles. The van der Waals surface area contributed by atoms with Crippen LogP contribution in [0.2, 0.25) is 10.0 Å². The number of nitrogens with one attached hydrogen (secondary N) is 1. The Kier molecular flexibility index (Phi) is 5.31. The molecule has 122 valence electrons. The molecule has 5 nitrogen and oxygen atoms in total. The summed E-state index contributed by atoms with van der Waals surface area (Å²) in [6.45, 7) is 0. The molecule has 0 aromatic heterocycles. The lowest BCUT2D eigenvalue weighted by Crippen LogP contribution is -2.23. The molecule has 0 unspecified atom stereocenters. The monoisotopic (exact) mass is 372 g/mol. The molecule has 0 radical (unpaired) electrons. The van der Waals surface area contributed by atoms with Gasteiger partial charge in [-0.05, 0) is 42.5 Å². The quantitative estimate of drug-likeness (QED) is 0.892. The molecule has 0 spiro atoms. The van der Waals surface area contributed by atoms with E-state index in [9.17, 15) is 13.2 Å². The Hall–Kier alpha value is -1.60. The zero-order valence-corrected chi connectivity index (χ0v) is 14.7.